The maximum atomic E-state index is 12.7. The van der Waals surface area contributed by atoms with Gasteiger partial charge in [0.2, 0.25) is 5.91 Å². The Labute approximate surface area is 176 Å². The first-order valence-electron chi connectivity index (χ1n) is 10.1. The zero-order chi connectivity index (χ0) is 21.7. The molecule has 0 bridgehead atoms. The van der Waals surface area contributed by atoms with Crippen molar-refractivity contribution in [1.29, 1.82) is 0 Å². The van der Waals surface area contributed by atoms with E-state index in [4.69, 9.17) is 5.73 Å². The average Bonchev–Trinajstić information content (AvgIpc) is 3.23. The monoisotopic (exact) mass is 399 g/mol. The molecule has 3 N–H and O–H groups in total. The Morgan fingerprint density at radius 1 is 0.867 bits per heavy atom. The van der Waals surface area contributed by atoms with Crippen LogP contribution in [0.3, 0.4) is 0 Å². The van der Waals surface area contributed by atoms with Crippen LogP contribution in [0.1, 0.15) is 52.6 Å². The minimum absolute atomic E-state index is 0.00934. The number of amides is 1. The first kappa shape index (κ1) is 21.0. The molecule has 0 spiro atoms. The van der Waals surface area contributed by atoms with Gasteiger partial charge in [-0.25, -0.2) is 4.98 Å². The molecule has 0 aliphatic carbocycles. The Kier molecular flexibility index (Phi) is 6.42. The third-order valence-electron chi connectivity index (χ3n) is 4.81. The number of nitrogens with one attached hydrogen (secondary N) is 1. The highest BCUT2D eigenvalue weighted by Gasteiger charge is 2.11. The molecule has 152 valence electrons. The van der Waals surface area contributed by atoms with Crippen LogP contribution in [0.15, 0.2) is 66.7 Å². The summed E-state index contributed by atoms with van der Waals surface area (Å²) in [7, 11) is 0. The van der Waals surface area contributed by atoms with Crippen molar-refractivity contribution in [1.82, 2.24) is 9.97 Å². The van der Waals surface area contributed by atoms with Crippen molar-refractivity contribution in [2.24, 2.45) is 5.73 Å². The van der Waals surface area contributed by atoms with Gasteiger partial charge >= 0.3 is 0 Å². The molecule has 5 heteroatoms. The van der Waals surface area contributed by atoms with Gasteiger partial charge in [0, 0.05) is 22.3 Å². The molecule has 0 fully saturated rings. The number of aromatic amines is 1. The van der Waals surface area contributed by atoms with Crippen molar-refractivity contribution >= 4 is 22.7 Å². The minimum atomic E-state index is -0.479. The number of carbonyl (C=O) groups excluding carboxylic acids is 2. The van der Waals surface area contributed by atoms with E-state index in [9.17, 15) is 9.59 Å². The molecule has 0 atom stereocenters. The highest BCUT2D eigenvalue weighted by molar-refractivity contribution is 6.09. The number of aryl methyl sites for hydroxylation is 1. The molecule has 30 heavy (non-hydrogen) atoms. The van der Waals surface area contributed by atoms with Gasteiger partial charge in [0.05, 0.1) is 11.0 Å². The molecule has 0 saturated carbocycles. The second kappa shape index (κ2) is 9.18. The fraction of sp³-hybridized carbons (Fsp3) is 0.160. The van der Waals surface area contributed by atoms with Gasteiger partial charge in [-0.1, -0.05) is 69.3 Å². The van der Waals surface area contributed by atoms with Crippen molar-refractivity contribution in [3.8, 4) is 11.4 Å². The summed E-state index contributed by atoms with van der Waals surface area (Å²) in [5.41, 5.74) is 10.6. The number of benzene rings is 3. The van der Waals surface area contributed by atoms with Crippen molar-refractivity contribution in [3.05, 3.63) is 89.0 Å². The summed E-state index contributed by atoms with van der Waals surface area (Å²) >= 11 is 0. The highest BCUT2D eigenvalue weighted by Crippen LogP contribution is 2.22. The number of H-pyrrole nitrogens is 1. The Bertz CT molecular complexity index is 1170. The van der Waals surface area contributed by atoms with Crippen molar-refractivity contribution in [3.63, 3.8) is 0 Å². The number of hydrogen-bond acceptors (Lipinski definition) is 3. The molecule has 4 rings (SSSR count). The van der Waals surface area contributed by atoms with Crippen LogP contribution >= 0.6 is 0 Å². The lowest BCUT2D eigenvalue weighted by molar-refractivity contribution is 0.0998. The molecular weight excluding hydrogens is 374 g/mol. The van der Waals surface area contributed by atoms with E-state index < -0.39 is 5.91 Å². The van der Waals surface area contributed by atoms with E-state index in [-0.39, 0.29) is 5.78 Å². The topological polar surface area (TPSA) is 88.8 Å². The summed E-state index contributed by atoms with van der Waals surface area (Å²) in [5, 5.41) is 0. The summed E-state index contributed by atoms with van der Waals surface area (Å²) in [6.45, 7) is 6.09. The van der Waals surface area contributed by atoms with Gasteiger partial charge in [0.15, 0.2) is 5.78 Å². The van der Waals surface area contributed by atoms with Crippen LogP contribution in [0.5, 0.6) is 0 Å². The lowest BCUT2D eigenvalue weighted by Gasteiger charge is -2.04. The number of fused-ring (bicyclic) bond motifs is 1. The van der Waals surface area contributed by atoms with Crippen LogP contribution in [0.25, 0.3) is 22.4 Å². The molecule has 3 aromatic carbocycles. The van der Waals surface area contributed by atoms with E-state index in [2.05, 4.69) is 16.9 Å². The molecule has 0 aliphatic rings. The number of rotatable bonds is 5. The lowest BCUT2D eigenvalue weighted by atomic mass is 10.0. The molecule has 1 amide bonds. The second-order valence-corrected chi connectivity index (χ2v) is 6.64. The molecule has 4 aromatic rings. The normalized spacial score (nSPS) is 10.4. The minimum Gasteiger partial charge on any atom is -0.366 e. The summed E-state index contributed by atoms with van der Waals surface area (Å²) in [6.07, 6.45) is 0.946. The van der Waals surface area contributed by atoms with E-state index in [1.165, 1.54) is 5.56 Å². The Morgan fingerprint density at radius 2 is 1.43 bits per heavy atom. The summed E-state index contributed by atoms with van der Waals surface area (Å²) in [6, 6.07) is 20.1. The lowest BCUT2D eigenvalue weighted by Crippen LogP contribution is -2.10. The van der Waals surface area contributed by atoms with Crippen molar-refractivity contribution < 1.29 is 9.59 Å². The number of primary amides is 1. The number of carbonyl (C=O) groups is 2. The van der Waals surface area contributed by atoms with E-state index >= 15 is 0 Å². The molecule has 0 unspecified atom stereocenters. The first-order valence-corrected chi connectivity index (χ1v) is 10.1. The standard InChI is InChI=1S/C23H19N3O2.C2H6/c1-2-14-3-5-15(6-4-14)21(27)16-7-9-17(10-8-16)23-25-19-12-11-18(22(24)28)13-20(19)26-23;1-2/h3-13H,2H2,1H3,(H2,24,28)(H,25,26);1-2H3. The van der Waals surface area contributed by atoms with Crippen molar-refractivity contribution in [2.45, 2.75) is 27.2 Å². The fourth-order valence-corrected chi connectivity index (χ4v) is 3.14. The smallest absolute Gasteiger partial charge is 0.248 e. The molecule has 1 heterocycles. The fourth-order valence-electron chi connectivity index (χ4n) is 3.14. The number of nitrogens with two attached hydrogens (primary N) is 1. The number of hydrogen-bond donors (Lipinski definition) is 2. The van der Waals surface area contributed by atoms with Crippen LogP contribution < -0.4 is 5.73 Å². The van der Waals surface area contributed by atoms with E-state index in [1.807, 2.05) is 50.2 Å². The number of ketones is 1. The maximum Gasteiger partial charge on any atom is 0.248 e. The third kappa shape index (κ3) is 4.30. The molecule has 0 saturated heterocycles. The van der Waals surface area contributed by atoms with Crippen LogP contribution in [0, 0.1) is 0 Å². The van der Waals surface area contributed by atoms with E-state index in [0.29, 0.717) is 22.5 Å². The van der Waals surface area contributed by atoms with Gasteiger partial charge in [-0.05, 0) is 30.2 Å². The Morgan fingerprint density at radius 3 is 2.00 bits per heavy atom. The van der Waals surface area contributed by atoms with Crippen LogP contribution in [0.4, 0.5) is 0 Å². The predicted molar refractivity (Wildman–Crippen MR) is 121 cm³/mol. The third-order valence-corrected chi connectivity index (χ3v) is 4.81. The van der Waals surface area contributed by atoms with Gasteiger partial charge in [-0.3, -0.25) is 9.59 Å². The van der Waals surface area contributed by atoms with Gasteiger partial charge < -0.3 is 10.7 Å². The quantitative estimate of drug-likeness (QED) is 0.455. The van der Waals surface area contributed by atoms with E-state index in [0.717, 1.165) is 23.0 Å². The van der Waals surface area contributed by atoms with Crippen LogP contribution in [-0.2, 0) is 6.42 Å². The molecule has 1 aromatic heterocycles. The van der Waals surface area contributed by atoms with E-state index in [1.54, 1.807) is 30.3 Å². The molecule has 0 radical (unpaired) electrons. The van der Waals surface area contributed by atoms with Gasteiger partial charge in [-0.15, -0.1) is 0 Å². The zero-order valence-electron chi connectivity index (χ0n) is 17.4. The maximum absolute atomic E-state index is 12.7. The Balaban J connectivity index is 0.00000124. The first-order chi connectivity index (χ1) is 14.5. The second-order valence-electron chi connectivity index (χ2n) is 6.64. The van der Waals surface area contributed by atoms with Gasteiger partial charge in [-0.2, -0.15) is 0 Å². The van der Waals surface area contributed by atoms with Gasteiger partial charge in [0.25, 0.3) is 0 Å². The number of nitrogens with zero attached hydrogens (tertiary/aromatic N) is 1. The summed E-state index contributed by atoms with van der Waals surface area (Å²) in [5.74, 6) is 0.181. The number of aromatic nitrogens is 2. The molecular formula is C25H25N3O2. The summed E-state index contributed by atoms with van der Waals surface area (Å²) < 4.78 is 0. The largest absolute Gasteiger partial charge is 0.366 e. The average molecular weight is 399 g/mol. The molecule has 5 nitrogen and oxygen atoms in total. The van der Waals surface area contributed by atoms with Crippen molar-refractivity contribution in [2.75, 3.05) is 0 Å². The molecule has 0 aliphatic heterocycles. The highest BCUT2D eigenvalue weighted by atomic mass is 16.1. The van der Waals surface area contributed by atoms with Crippen LogP contribution in [0.2, 0.25) is 0 Å². The van der Waals surface area contributed by atoms with Gasteiger partial charge in [0.1, 0.15) is 5.82 Å². The number of imidazole rings is 1. The predicted octanol–water partition coefficient (Wildman–Crippen LogP) is 5.15. The van der Waals surface area contributed by atoms with Crippen LogP contribution in [-0.4, -0.2) is 21.7 Å². The zero-order valence-corrected chi connectivity index (χ0v) is 17.4. The SMILES string of the molecule is CC.CCc1ccc(C(=O)c2ccc(-c3nc4ccc(C(N)=O)cc4[nH]3)cc2)cc1. The Hall–Kier alpha value is -3.73. The summed E-state index contributed by atoms with van der Waals surface area (Å²) in [4.78, 5) is 31.7.